The first kappa shape index (κ1) is 20.0. The van der Waals surface area contributed by atoms with Gasteiger partial charge in [-0.25, -0.2) is 0 Å². The molecule has 0 radical (unpaired) electrons. The van der Waals surface area contributed by atoms with Crippen LogP contribution in [-0.2, 0) is 9.53 Å². The van der Waals surface area contributed by atoms with Crippen molar-refractivity contribution in [1.29, 1.82) is 0 Å². The molecular weight excluding hydrogens is 288 g/mol. The fraction of sp³-hybridized carbons (Fsp3) is 0.750. The van der Waals surface area contributed by atoms with Crippen molar-refractivity contribution in [3.8, 4) is 0 Å². The highest BCUT2D eigenvalue weighted by molar-refractivity contribution is 5.80. The molecule has 2 unspecified atom stereocenters. The molecule has 3 heteroatoms. The Hall–Kier alpha value is -1.09. The Morgan fingerprint density at radius 2 is 1.87 bits per heavy atom. The van der Waals surface area contributed by atoms with Gasteiger partial charge in [-0.2, -0.15) is 0 Å². The molecule has 0 saturated heterocycles. The summed E-state index contributed by atoms with van der Waals surface area (Å²) in [5.74, 6) is -0.707. The Bertz CT molecular complexity index is 468. The van der Waals surface area contributed by atoms with Crippen LogP contribution >= 0.6 is 0 Å². The highest BCUT2D eigenvalue weighted by Gasteiger charge is 2.54. The number of carbonyl (C=O) groups is 1. The second-order valence-electron chi connectivity index (χ2n) is 7.70. The van der Waals surface area contributed by atoms with Crippen LogP contribution < -0.4 is 0 Å². The standard InChI is InChI=1S/C20H34O3/c1-7-9-15-13-16(10-8-2)17(11-12-23-6)20(14-15,18(21)22)19(3,4)5/h13-14,17H,7-12H2,1-6H3,(H,21,22). The third-order valence-electron chi connectivity index (χ3n) is 5.06. The predicted molar refractivity (Wildman–Crippen MR) is 95.5 cm³/mol. The van der Waals surface area contributed by atoms with Gasteiger partial charge in [-0.1, -0.05) is 70.8 Å². The second kappa shape index (κ2) is 8.14. The summed E-state index contributed by atoms with van der Waals surface area (Å²) < 4.78 is 5.29. The molecule has 1 rings (SSSR count). The summed E-state index contributed by atoms with van der Waals surface area (Å²) in [6.07, 6.45) is 9.04. The largest absolute Gasteiger partial charge is 0.481 e. The first-order chi connectivity index (χ1) is 10.7. The van der Waals surface area contributed by atoms with E-state index < -0.39 is 11.4 Å². The average Bonchev–Trinajstić information content (AvgIpc) is 2.44. The number of carboxylic acids is 1. The van der Waals surface area contributed by atoms with Crippen LogP contribution in [0.5, 0.6) is 0 Å². The molecule has 0 amide bonds. The number of aliphatic carboxylic acids is 1. The van der Waals surface area contributed by atoms with Crippen LogP contribution in [0.2, 0.25) is 0 Å². The summed E-state index contributed by atoms with van der Waals surface area (Å²) in [4.78, 5) is 12.5. The molecular formula is C20H34O3. The zero-order valence-corrected chi connectivity index (χ0v) is 15.7. The van der Waals surface area contributed by atoms with E-state index in [0.29, 0.717) is 6.61 Å². The molecule has 2 atom stereocenters. The number of hydrogen-bond donors (Lipinski definition) is 1. The maximum atomic E-state index is 12.5. The normalized spacial score (nSPS) is 25.0. The van der Waals surface area contributed by atoms with Gasteiger partial charge in [0.1, 0.15) is 0 Å². The fourth-order valence-corrected chi connectivity index (χ4v) is 3.95. The lowest BCUT2D eigenvalue weighted by atomic mass is 9.54. The summed E-state index contributed by atoms with van der Waals surface area (Å²) in [6, 6.07) is 0. The molecule has 0 aromatic heterocycles. The maximum absolute atomic E-state index is 12.5. The van der Waals surface area contributed by atoms with Crippen molar-refractivity contribution in [3.05, 3.63) is 23.3 Å². The lowest BCUT2D eigenvalue weighted by Gasteiger charge is -2.48. The molecule has 0 bridgehead atoms. The first-order valence-corrected chi connectivity index (χ1v) is 8.89. The van der Waals surface area contributed by atoms with Crippen molar-refractivity contribution >= 4 is 5.97 Å². The van der Waals surface area contributed by atoms with E-state index >= 15 is 0 Å². The molecule has 1 aliphatic rings. The third kappa shape index (κ3) is 4.06. The van der Waals surface area contributed by atoms with Crippen molar-refractivity contribution in [3.63, 3.8) is 0 Å². The van der Waals surface area contributed by atoms with Gasteiger partial charge in [0, 0.05) is 19.6 Å². The molecule has 23 heavy (non-hydrogen) atoms. The number of hydrogen-bond acceptors (Lipinski definition) is 2. The van der Waals surface area contributed by atoms with E-state index in [2.05, 4.69) is 46.8 Å². The van der Waals surface area contributed by atoms with Gasteiger partial charge in [-0.15, -0.1) is 0 Å². The molecule has 132 valence electrons. The van der Waals surface area contributed by atoms with Gasteiger partial charge in [-0.05, 0) is 24.7 Å². The van der Waals surface area contributed by atoms with Crippen LogP contribution in [0.15, 0.2) is 23.3 Å². The number of allylic oxidation sites excluding steroid dienone is 3. The summed E-state index contributed by atoms with van der Waals surface area (Å²) >= 11 is 0. The predicted octanol–water partition coefficient (Wildman–Crippen LogP) is 5.22. The molecule has 0 spiro atoms. The van der Waals surface area contributed by atoms with Crippen LogP contribution in [0.25, 0.3) is 0 Å². The van der Waals surface area contributed by atoms with Crippen LogP contribution in [0, 0.1) is 16.7 Å². The van der Waals surface area contributed by atoms with E-state index in [1.165, 1.54) is 11.1 Å². The van der Waals surface area contributed by atoms with E-state index in [9.17, 15) is 9.90 Å². The molecule has 0 heterocycles. The fourth-order valence-electron chi connectivity index (χ4n) is 3.95. The SMILES string of the molecule is CCCC1=CC(C(=O)O)(C(C)(C)C)C(CCOC)C(CCC)=C1. The molecule has 1 aliphatic carbocycles. The van der Waals surface area contributed by atoms with Crippen LogP contribution in [0.1, 0.15) is 66.7 Å². The number of carboxylic acid groups (broad SMARTS) is 1. The van der Waals surface area contributed by atoms with Gasteiger partial charge in [0.25, 0.3) is 0 Å². The maximum Gasteiger partial charge on any atom is 0.314 e. The summed E-state index contributed by atoms with van der Waals surface area (Å²) in [5.41, 5.74) is 1.24. The number of rotatable bonds is 8. The summed E-state index contributed by atoms with van der Waals surface area (Å²) in [5, 5.41) is 10.3. The Morgan fingerprint density at radius 3 is 2.30 bits per heavy atom. The van der Waals surface area contributed by atoms with Crippen molar-refractivity contribution in [2.75, 3.05) is 13.7 Å². The van der Waals surface area contributed by atoms with Crippen LogP contribution in [0.3, 0.4) is 0 Å². The number of ether oxygens (including phenoxy) is 1. The van der Waals surface area contributed by atoms with E-state index in [-0.39, 0.29) is 11.3 Å². The van der Waals surface area contributed by atoms with Crippen LogP contribution in [0.4, 0.5) is 0 Å². The highest BCUT2D eigenvalue weighted by Crippen LogP contribution is 2.54. The Balaban J connectivity index is 3.49. The molecule has 3 nitrogen and oxygen atoms in total. The van der Waals surface area contributed by atoms with Crippen molar-refractivity contribution in [2.45, 2.75) is 66.7 Å². The average molecular weight is 322 g/mol. The second-order valence-corrected chi connectivity index (χ2v) is 7.70. The van der Waals surface area contributed by atoms with E-state index in [4.69, 9.17) is 4.74 Å². The summed E-state index contributed by atoms with van der Waals surface area (Å²) in [7, 11) is 1.68. The Morgan fingerprint density at radius 1 is 1.26 bits per heavy atom. The van der Waals surface area contributed by atoms with Gasteiger partial charge in [-0.3, -0.25) is 4.79 Å². The minimum absolute atomic E-state index is 0.000469. The zero-order chi connectivity index (χ0) is 17.7. The van der Waals surface area contributed by atoms with E-state index in [1.54, 1.807) is 7.11 Å². The van der Waals surface area contributed by atoms with Gasteiger partial charge in [0.2, 0.25) is 0 Å². The zero-order valence-electron chi connectivity index (χ0n) is 15.7. The molecule has 1 N–H and O–H groups in total. The minimum atomic E-state index is -0.866. The molecule has 0 aliphatic heterocycles. The van der Waals surface area contributed by atoms with Gasteiger partial charge in [0.15, 0.2) is 0 Å². The quantitative estimate of drug-likeness (QED) is 0.666. The highest BCUT2D eigenvalue weighted by atomic mass is 16.5. The van der Waals surface area contributed by atoms with Crippen molar-refractivity contribution in [1.82, 2.24) is 0 Å². The lowest BCUT2D eigenvalue weighted by molar-refractivity contribution is -0.156. The van der Waals surface area contributed by atoms with Gasteiger partial charge in [0.05, 0.1) is 5.41 Å². The lowest BCUT2D eigenvalue weighted by Crippen LogP contribution is -2.49. The smallest absolute Gasteiger partial charge is 0.314 e. The van der Waals surface area contributed by atoms with E-state index in [1.807, 2.05) is 0 Å². The monoisotopic (exact) mass is 322 g/mol. The summed E-state index contributed by atoms with van der Waals surface area (Å²) in [6.45, 7) is 11.0. The molecule has 0 saturated carbocycles. The topological polar surface area (TPSA) is 46.5 Å². The Labute approximate surface area is 141 Å². The van der Waals surface area contributed by atoms with Crippen molar-refractivity contribution < 1.29 is 14.6 Å². The van der Waals surface area contributed by atoms with Gasteiger partial charge >= 0.3 is 5.97 Å². The van der Waals surface area contributed by atoms with E-state index in [0.717, 1.165) is 32.1 Å². The third-order valence-corrected chi connectivity index (χ3v) is 5.06. The van der Waals surface area contributed by atoms with Crippen LogP contribution in [-0.4, -0.2) is 24.8 Å². The Kier molecular flexibility index (Phi) is 7.06. The molecule has 0 aromatic rings. The van der Waals surface area contributed by atoms with Gasteiger partial charge < -0.3 is 9.84 Å². The first-order valence-electron chi connectivity index (χ1n) is 8.89. The number of methoxy groups -OCH3 is 1. The molecule has 0 fully saturated rings. The minimum Gasteiger partial charge on any atom is -0.481 e. The van der Waals surface area contributed by atoms with Crippen molar-refractivity contribution in [2.24, 2.45) is 16.7 Å². The molecule has 0 aromatic carbocycles.